The molecule has 0 radical (unpaired) electrons. The quantitative estimate of drug-likeness (QED) is 0.546. The molecule has 2 aromatic rings. The number of nitrogens with zero attached hydrogens (tertiary/aromatic N) is 2. The molecule has 2 rings (SSSR count). The van der Waals surface area contributed by atoms with Gasteiger partial charge in [-0.05, 0) is 12.8 Å². The van der Waals surface area contributed by atoms with Crippen LogP contribution >= 0.6 is 0 Å². The van der Waals surface area contributed by atoms with E-state index in [1.807, 2.05) is 12.4 Å². The molecule has 0 aliphatic rings. The molecular formula is C12H20N4+2. The van der Waals surface area contributed by atoms with E-state index in [0.717, 1.165) is 12.8 Å². The van der Waals surface area contributed by atoms with E-state index >= 15 is 0 Å². The molecule has 2 N–H and O–H groups in total. The Bertz CT molecular complexity index is 399. The van der Waals surface area contributed by atoms with Crippen molar-refractivity contribution in [1.29, 1.82) is 0 Å². The van der Waals surface area contributed by atoms with Crippen LogP contribution in [0.15, 0.2) is 24.8 Å². The monoisotopic (exact) mass is 220 g/mol. The number of aromatic nitrogens is 4. The number of rotatable bonds is 5. The van der Waals surface area contributed by atoms with Crippen molar-refractivity contribution in [2.75, 3.05) is 0 Å². The maximum absolute atomic E-state index is 3.26. The van der Waals surface area contributed by atoms with Crippen molar-refractivity contribution in [2.24, 2.45) is 14.1 Å². The first-order valence-corrected chi connectivity index (χ1v) is 5.81. The summed E-state index contributed by atoms with van der Waals surface area (Å²) in [7, 11) is 4.16. The largest absolute Gasteiger partial charge is 0.253 e. The maximum atomic E-state index is 3.26. The number of H-pyrrole nitrogens is 2. The normalized spacial score (nSPS) is 10.9. The average Bonchev–Trinajstić information content (AvgIpc) is 2.84. The van der Waals surface area contributed by atoms with Crippen molar-refractivity contribution in [3.8, 4) is 0 Å². The van der Waals surface area contributed by atoms with Crippen LogP contribution in [0.4, 0.5) is 0 Å². The van der Waals surface area contributed by atoms with Crippen molar-refractivity contribution in [3.63, 3.8) is 0 Å². The van der Waals surface area contributed by atoms with Gasteiger partial charge in [-0.3, -0.25) is 0 Å². The molecule has 0 saturated carbocycles. The van der Waals surface area contributed by atoms with Crippen LogP contribution in [0.2, 0.25) is 0 Å². The van der Waals surface area contributed by atoms with Gasteiger partial charge in [0.15, 0.2) is 0 Å². The zero-order chi connectivity index (χ0) is 11.4. The van der Waals surface area contributed by atoms with Crippen LogP contribution in [0.3, 0.4) is 0 Å². The van der Waals surface area contributed by atoms with E-state index in [1.165, 1.54) is 24.5 Å². The van der Waals surface area contributed by atoms with Gasteiger partial charge in [0.25, 0.3) is 11.6 Å². The van der Waals surface area contributed by atoms with Crippen LogP contribution in [0.1, 0.15) is 24.5 Å². The van der Waals surface area contributed by atoms with Crippen LogP contribution in [0, 0.1) is 0 Å². The van der Waals surface area contributed by atoms with Crippen molar-refractivity contribution in [1.82, 2.24) is 9.97 Å². The minimum absolute atomic E-state index is 1.12. The fraction of sp³-hybridized carbons (Fsp3) is 0.500. The predicted molar refractivity (Wildman–Crippen MR) is 60.6 cm³/mol. The fourth-order valence-electron chi connectivity index (χ4n) is 1.96. The Morgan fingerprint density at radius 3 is 1.62 bits per heavy atom. The minimum Gasteiger partial charge on any atom is -0.248 e. The lowest BCUT2D eigenvalue weighted by Crippen LogP contribution is -2.31. The van der Waals surface area contributed by atoms with Gasteiger partial charge in [-0.15, -0.1) is 0 Å². The summed E-state index contributed by atoms with van der Waals surface area (Å²) in [6.07, 6.45) is 12.8. The second-order valence-corrected chi connectivity index (χ2v) is 4.24. The van der Waals surface area contributed by atoms with Gasteiger partial charge in [0.05, 0.1) is 14.1 Å². The number of hydrogen-bond donors (Lipinski definition) is 2. The Morgan fingerprint density at radius 2 is 1.31 bits per heavy atom. The smallest absolute Gasteiger partial charge is 0.248 e. The summed E-state index contributed by atoms with van der Waals surface area (Å²) >= 11 is 0. The number of hydrogen-bond acceptors (Lipinski definition) is 0. The Labute approximate surface area is 96.0 Å². The molecule has 0 saturated heterocycles. The topological polar surface area (TPSA) is 39.3 Å². The molecule has 0 atom stereocenters. The van der Waals surface area contributed by atoms with E-state index in [1.54, 1.807) is 0 Å². The van der Waals surface area contributed by atoms with Gasteiger partial charge in [0.2, 0.25) is 0 Å². The van der Waals surface area contributed by atoms with E-state index in [9.17, 15) is 0 Å². The Hall–Kier alpha value is -1.58. The first-order valence-electron chi connectivity index (χ1n) is 5.81. The van der Waals surface area contributed by atoms with E-state index in [2.05, 4.69) is 45.6 Å². The molecular weight excluding hydrogens is 200 g/mol. The van der Waals surface area contributed by atoms with Crippen LogP contribution in [-0.2, 0) is 26.9 Å². The molecule has 4 nitrogen and oxygen atoms in total. The summed E-state index contributed by atoms with van der Waals surface area (Å²) in [6, 6.07) is 0. The van der Waals surface area contributed by atoms with E-state index < -0.39 is 0 Å². The highest BCUT2D eigenvalue weighted by atomic mass is 15.0. The molecule has 2 heterocycles. The second-order valence-electron chi connectivity index (χ2n) is 4.24. The van der Waals surface area contributed by atoms with E-state index in [0.29, 0.717) is 0 Å². The summed E-state index contributed by atoms with van der Waals surface area (Å²) in [5.41, 5.74) is 0. The zero-order valence-electron chi connectivity index (χ0n) is 10.0. The van der Waals surface area contributed by atoms with Crippen molar-refractivity contribution < 1.29 is 9.13 Å². The van der Waals surface area contributed by atoms with Crippen LogP contribution in [0.5, 0.6) is 0 Å². The van der Waals surface area contributed by atoms with Gasteiger partial charge in [0.1, 0.15) is 24.8 Å². The summed E-state index contributed by atoms with van der Waals surface area (Å²) in [5, 5.41) is 0. The second kappa shape index (κ2) is 4.96. The zero-order valence-corrected chi connectivity index (χ0v) is 10.0. The molecule has 0 amide bonds. The Morgan fingerprint density at radius 1 is 0.875 bits per heavy atom. The van der Waals surface area contributed by atoms with Gasteiger partial charge in [-0.2, -0.15) is 0 Å². The predicted octanol–water partition coefficient (Wildman–Crippen LogP) is 0.557. The van der Waals surface area contributed by atoms with Crippen LogP contribution < -0.4 is 9.13 Å². The lowest BCUT2D eigenvalue weighted by atomic mass is 10.2. The Balaban J connectivity index is 1.74. The molecule has 0 bridgehead atoms. The third-order valence-corrected chi connectivity index (χ3v) is 3.02. The number of nitrogens with one attached hydrogen (secondary N) is 2. The lowest BCUT2D eigenvalue weighted by Gasteiger charge is -1.96. The van der Waals surface area contributed by atoms with Crippen molar-refractivity contribution in [2.45, 2.75) is 25.7 Å². The molecule has 0 aliphatic carbocycles. The first kappa shape index (κ1) is 10.9. The molecule has 4 heteroatoms. The summed E-state index contributed by atoms with van der Waals surface area (Å²) in [4.78, 5) is 6.52. The molecule has 86 valence electrons. The van der Waals surface area contributed by atoms with Gasteiger partial charge in [0, 0.05) is 12.8 Å². The third kappa shape index (κ3) is 2.51. The fourth-order valence-corrected chi connectivity index (χ4v) is 1.96. The highest BCUT2D eigenvalue weighted by Crippen LogP contribution is 2.01. The van der Waals surface area contributed by atoms with Crippen LogP contribution in [0.25, 0.3) is 0 Å². The average molecular weight is 220 g/mol. The lowest BCUT2D eigenvalue weighted by molar-refractivity contribution is -0.678. The Kier molecular flexibility index (Phi) is 3.39. The highest BCUT2D eigenvalue weighted by Gasteiger charge is 2.08. The SMILES string of the molecule is C[n+]1cc[nH]c1CCCCc1[nH]cc[n+]1C. The standard InChI is InChI=1S/C12H18N4/c1-15-9-7-13-11(15)5-3-4-6-12-14-8-10-16(12)2/h7-10H,3-6H2,1-2H3/p+2. The summed E-state index contributed by atoms with van der Waals surface area (Å²) in [6.45, 7) is 0. The molecule has 16 heavy (non-hydrogen) atoms. The van der Waals surface area contributed by atoms with Gasteiger partial charge in [-0.1, -0.05) is 0 Å². The first-order chi connectivity index (χ1) is 7.77. The third-order valence-electron chi connectivity index (χ3n) is 3.02. The summed E-state index contributed by atoms with van der Waals surface area (Å²) < 4.78 is 4.29. The molecule has 0 spiro atoms. The van der Waals surface area contributed by atoms with Crippen molar-refractivity contribution in [3.05, 3.63) is 36.4 Å². The highest BCUT2D eigenvalue weighted by molar-refractivity contribution is 4.80. The van der Waals surface area contributed by atoms with E-state index in [4.69, 9.17) is 0 Å². The molecule has 0 aromatic carbocycles. The van der Waals surface area contributed by atoms with E-state index in [-0.39, 0.29) is 0 Å². The van der Waals surface area contributed by atoms with Gasteiger partial charge >= 0.3 is 0 Å². The number of aryl methyl sites for hydroxylation is 4. The molecule has 0 unspecified atom stereocenters. The van der Waals surface area contributed by atoms with Crippen molar-refractivity contribution >= 4 is 0 Å². The van der Waals surface area contributed by atoms with Gasteiger partial charge in [-0.25, -0.2) is 19.1 Å². The molecule has 0 aliphatic heterocycles. The number of unbranched alkanes of at least 4 members (excludes halogenated alkanes) is 1. The molecule has 0 fully saturated rings. The molecule has 2 aromatic heterocycles. The number of imidazole rings is 2. The summed E-state index contributed by atoms with van der Waals surface area (Å²) in [5.74, 6) is 2.60. The number of aromatic amines is 2. The van der Waals surface area contributed by atoms with Crippen LogP contribution in [-0.4, -0.2) is 9.97 Å². The maximum Gasteiger partial charge on any atom is 0.253 e. The van der Waals surface area contributed by atoms with Gasteiger partial charge < -0.3 is 0 Å². The minimum atomic E-state index is 1.12.